The maximum absolute atomic E-state index is 5.28. The van der Waals surface area contributed by atoms with Crippen LogP contribution in [0.15, 0.2) is 22.8 Å². The lowest BCUT2D eigenvalue weighted by Crippen LogP contribution is -2.44. The maximum atomic E-state index is 5.28. The molecule has 72 valence electrons. The minimum Gasteiger partial charge on any atom is -0.469 e. The van der Waals surface area contributed by atoms with E-state index in [-0.39, 0.29) is 0 Å². The lowest BCUT2D eigenvalue weighted by Gasteiger charge is -2.26. The van der Waals surface area contributed by atoms with Crippen LogP contribution < -0.4 is 5.32 Å². The van der Waals surface area contributed by atoms with Gasteiger partial charge in [0.15, 0.2) is 0 Å². The number of nitrogens with one attached hydrogen (secondary N) is 1. The van der Waals surface area contributed by atoms with Crippen LogP contribution in [0.1, 0.15) is 5.76 Å². The van der Waals surface area contributed by atoms with Gasteiger partial charge in [0, 0.05) is 39.1 Å². The van der Waals surface area contributed by atoms with E-state index < -0.39 is 0 Å². The van der Waals surface area contributed by atoms with Crippen LogP contribution in [0.2, 0.25) is 0 Å². The molecular weight excluding hydrogens is 164 g/mol. The van der Waals surface area contributed by atoms with E-state index in [1.165, 1.54) is 13.1 Å². The molecule has 1 aliphatic heterocycles. The van der Waals surface area contributed by atoms with Crippen LogP contribution in [-0.4, -0.2) is 37.6 Å². The summed E-state index contributed by atoms with van der Waals surface area (Å²) < 4.78 is 5.28. The van der Waals surface area contributed by atoms with Crippen molar-refractivity contribution in [3.8, 4) is 0 Å². The molecule has 1 aromatic heterocycles. The van der Waals surface area contributed by atoms with Crippen LogP contribution in [-0.2, 0) is 6.42 Å². The summed E-state index contributed by atoms with van der Waals surface area (Å²) >= 11 is 0. The Labute approximate surface area is 78.7 Å². The van der Waals surface area contributed by atoms with Crippen LogP contribution >= 0.6 is 0 Å². The van der Waals surface area contributed by atoms with Crippen LogP contribution in [0, 0.1) is 0 Å². The Balaban J connectivity index is 1.72. The normalized spacial score (nSPS) is 19.1. The highest BCUT2D eigenvalue weighted by Crippen LogP contribution is 2.02. The summed E-state index contributed by atoms with van der Waals surface area (Å²) in [5.74, 6) is 1.10. The van der Waals surface area contributed by atoms with Gasteiger partial charge in [0.25, 0.3) is 0 Å². The molecule has 0 saturated carbocycles. The van der Waals surface area contributed by atoms with Crippen LogP contribution in [0.4, 0.5) is 0 Å². The second kappa shape index (κ2) is 4.44. The van der Waals surface area contributed by atoms with E-state index in [2.05, 4.69) is 10.2 Å². The summed E-state index contributed by atoms with van der Waals surface area (Å²) in [4.78, 5) is 2.47. The summed E-state index contributed by atoms with van der Waals surface area (Å²) in [5, 5.41) is 3.34. The number of nitrogens with zero attached hydrogens (tertiary/aromatic N) is 1. The second-order valence-corrected chi connectivity index (χ2v) is 3.42. The SMILES string of the molecule is c1coc(CCN2CCNCC2)c1. The van der Waals surface area contributed by atoms with Crippen LogP contribution in [0.3, 0.4) is 0 Å². The summed E-state index contributed by atoms with van der Waals surface area (Å²) in [5.41, 5.74) is 0. The van der Waals surface area contributed by atoms with Crippen LogP contribution in [0.25, 0.3) is 0 Å². The number of hydrogen-bond donors (Lipinski definition) is 1. The monoisotopic (exact) mass is 180 g/mol. The van der Waals surface area contributed by atoms with Gasteiger partial charge in [-0.25, -0.2) is 0 Å². The minimum atomic E-state index is 1.03. The van der Waals surface area contributed by atoms with Crippen molar-refractivity contribution in [2.24, 2.45) is 0 Å². The molecule has 0 radical (unpaired) electrons. The van der Waals surface area contributed by atoms with Crippen molar-refractivity contribution < 1.29 is 4.42 Å². The third kappa shape index (κ3) is 2.57. The Hall–Kier alpha value is -0.800. The topological polar surface area (TPSA) is 28.4 Å². The van der Waals surface area contributed by atoms with E-state index in [1.807, 2.05) is 12.1 Å². The number of furan rings is 1. The van der Waals surface area contributed by atoms with Gasteiger partial charge < -0.3 is 14.6 Å². The second-order valence-electron chi connectivity index (χ2n) is 3.42. The molecule has 13 heavy (non-hydrogen) atoms. The molecule has 0 unspecified atom stereocenters. The van der Waals surface area contributed by atoms with E-state index in [4.69, 9.17) is 4.42 Å². The zero-order valence-electron chi connectivity index (χ0n) is 7.83. The fourth-order valence-electron chi connectivity index (χ4n) is 1.66. The van der Waals surface area contributed by atoms with Gasteiger partial charge in [-0.1, -0.05) is 0 Å². The van der Waals surface area contributed by atoms with Gasteiger partial charge in [0.1, 0.15) is 5.76 Å². The van der Waals surface area contributed by atoms with Gasteiger partial charge in [0.2, 0.25) is 0 Å². The summed E-state index contributed by atoms with van der Waals surface area (Å²) in [6, 6.07) is 4.00. The molecule has 2 rings (SSSR count). The third-order valence-electron chi connectivity index (χ3n) is 2.46. The van der Waals surface area contributed by atoms with Gasteiger partial charge in [-0.3, -0.25) is 0 Å². The lowest BCUT2D eigenvalue weighted by atomic mass is 10.3. The first-order chi connectivity index (χ1) is 6.45. The van der Waals surface area contributed by atoms with E-state index in [1.54, 1.807) is 6.26 Å². The highest BCUT2D eigenvalue weighted by atomic mass is 16.3. The molecule has 1 aromatic rings. The van der Waals surface area contributed by atoms with Crippen molar-refractivity contribution in [3.05, 3.63) is 24.2 Å². The van der Waals surface area contributed by atoms with Gasteiger partial charge in [-0.05, 0) is 12.1 Å². The predicted octanol–water partition coefficient (Wildman–Crippen LogP) is 0.727. The molecule has 0 amide bonds. The largest absolute Gasteiger partial charge is 0.469 e. The number of rotatable bonds is 3. The Kier molecular flexibility index (Phi) is 3.00. The zero-order chi connectivity index (χ0) is 8.93. The van der Waals surface area contributed by atoms with Crippen LogP contribution in [0.5, 0.6) is 0 Å². The Morgan fingerprint density at radius 3 is 2.92 bits per heavy atom. The van der Waals surface area contributed by atoms with Crippen molar-refractivity contribution in [2.75, 3.05) is 32.7 Å². The molecule has 2 heterocycles. The van der Waals surface area contributed by atoms with Crippen molar-refractivity contribution in [1.82, 2.24) is 10.2 Å². The molecule has 0 spiro atoms. The Bertz CT molecular complexity index is 227. The molecule has 1 N–H and O–H groups in total. The van der Waals surface area contributed by atoms with E-state index in [9.17, 15) is 0 Å². The first-order valence-electron chi connectivity index (χ1n) is 4.90. The number of piperazine rings is 1. The average molecular weight is 180 g/mol. The standard InChI is InChI=1S/C10H16N2O/c1-2-10(13-9-1)3-6-12-7-4-11-5-8-12/h1-2,9,11H,3-8H2. The van der Waals surface area contributed by atoms with Crippen molar-refractivity contribution in [2.45, 2.75) is 6.42 Å². The molecule has 0 bridgehead atoms. The maximum Gasteiger partial charge on any atom is 0.105 e. The van der Waals surface area contributed by atoms with Crippen molar-refractivity contribution >= 4 is 0 Å². The van der Waals surface area contributed by atoms with E-state index in [0.29, 0.717) is 0 Å². The summed E-state index contributed by atoms with van der Waals surface area (Å²) in [6.07, 6.45) is 2.78. The predicted molar refractivity (Wildman–Crippen MR) is 51.7 cm³/mol. The van der Waals surface area contributed by atoms with Gasteiger partial charge in [-0.2, -0.15) is 0 Å². The van der Waals surface area contributed by atoms with Gasteiger partial charge >= 0.3 is 0 Å². The molecule has 0 aromatic carbocycles. The van der Waals surface area contributed by atoms with Crippen molar-refractivity contribution in [1.29, 1.82) is 0 Å². The molecule has 0 aliphatic carbocycles. The average Bonchev–Trinajstić information content (AvgIpc) is 2.69. The molecule has 3 nitrogen and oxygen atoms in total. The Morgan fingerprint density at radius 1 is 1.38 bits per heavy atom. The lowest BCUT2D eigenvalue weighted by molar-refractivity contribution is 0.239. The van der Waals surface area contributed by atoms with E-state index in [0.717, 1.165) is 31.8 Å². The summed E-state index contributed by atoms with van der Waals surface area (Å²) in [7, 11) is 0. The third-order valence-corrected chi connectivity index (χ3v) is 2.46. The molecule has 0 atom stereocenters. The highest BCUT2D eigenvalue weighted by molar-refractivity contribution is 4.98. The van der Waals surface area contributed by atoms with E-state index >= 15 is 0 Å². The molecular formula is C10H16N2O. The van der Waals surface area contributed by atoms with Gasteiger partial charge in [-0.15, -0.1) is 0 Å². The zero-order valence-corrected chi connectivity index (χ0v) is 7.83. The molecule has 3 heteroatoms. The molecule has 1 aliphatic rings. The quantitative estimate of drug-likeness (QED) is 0.743. The molecule has 1 fully saturated rings. The van der Waals surface area contributed by atoms with Crippen molar-refractivity contribution in [3.63, 3.8) is 0 Å². The summed E-state index contributed by atoms with van der Waals surface area (Å²) in [6.45, 7) is 5.70. The fourth-order valence-corrected chi connectivity index (χ4v) is 1.66. The van der Waals surface area contributed by atoms with Gasteiger partial charge in [0.05, 0.1) is 6.26 Å². The smallest absolute Gasteiger partial charge is 0.105 e. The highest BCUT2D eigenvalue weighted by Gasteiger charge is 2.09. The first-order valence-corrected chi connectivity index (χ1v) is 4.90. The fraction of sp³-hybridized carbons (Fsp3) is 0.600. The molecule has 1 saturated heterocycles. The number of hydrogen-bond acceptors (Lipinski definition) is 3. The minimum absolute atomic E-state index is 1.03. The Morgan fingerprint density at radius 2 is 2.23 bits per heavy atom. The first kappa shape index (κ1) is 8.78.